The van der Waals surface area contributed by atoms with E-state index in [4.69, 9.17) is 25.6 Å². The van der Waals surface area contributed by atoms with Crippen LogP contribution in [0.2, 0.25) is 5.02 Å². The number of hydrogen-bond acceptors (Lipinski definition) is 6. The van der Waals surface area contributed by atoms with E-state index >= 15 is 0 Å². The summed E-state index contributed by atoms with van der Waals surface area (Å²) < 4.78 is 16.1. The van der Waals surface area contributed by atoms with Crippen molar-refractivity contribution in [3.8, 4) is 28.6 Å². The first-order chi connectivity index (χ1) is 15.9. The minimum atomic E-state index is -0.175. The molecule has 1 aliphatic rings. The molecule has 4 rings (SSSR count). The smallest absolute Gasteiger partial charge is 0.308 e. The van der Waals surface area contributed by atoms with E-state index in [1.54, 1.807) is 6.07 Å². The Hall–Kier alpha value is -3.12. The summed E-state index contributed by atoms with van der Waals surface area (Å²) in [5.41, 5.74) is 5.26. The van der Waals surface area contributed by atoms with E-state index in [0.717, 1.165) is 30.4 Å². The zero-order valence-corrected chi connectivity index (χ0v) is 20.0. The minimum Gasteiger partial charge on any atom is -0.489 e. The number of allylic oxidation sites excluding steroid dienone is 2. The van der Waals surface area contributed by atoms with Gasteiger partial charge >= 0.3 is 5.97 Å². The summed E-state index contributed by atoms with van der Waals surface area (Å²) in [4.78, 5) is 16.4. The molecule has 0 saturated carbocycles. The van der Waals surface area contributed by atoms with Crippen molar-refractivity contribution in [1.82, 2.24) is 10.1 Å². The molecule has 0 N–H and O–H groups in total. The molecule has 0 amide bonds. The zero-order chi connectivity index (χ0) is 23.5. The number of methoxy groups -OCH3 is 1. The summed E-state index contributed by atoms with van der Waals surface area (Å²) in [6, 6.07) is 11.6. The fraction of sp³-hybridized carbons (Fsp3) is 0.346. The van der Waals surface area contributed by atoms with Crippen LogP contribution in [0.25, 0.3) is 28.4 Å². The Kier molecular flexibility index (Phi) is 6.84. The molecule has 0 unspecified atom stereocenters. The van der Waals surface area contributed by atoms with E-state index in [1.807, 2.05) is 45.0 Å². The van der Waals surface area contributed by atoms with Crippen LogP contribution < -0.4 is 4.74 Å². The van der Waals surface area contributed by atoms with Gasteiger partial charge in [-0.15, -0.1) is 0 Å². The maximum absolute atomic E-state index is 11.7. The minimum absolute atomic E-state index is 0.0331. The summed E-state index contributed by atoms with van der Waals surface area (Å²) in [6.07, 6.45) is 4.60. The van der Waals surface area contributed by atoms with Gasteiger partial charge in [0.15, 0.2) is 0 Å². The van der Waals surface area contributed by atoms with Crippen molar-refractivity contribution in [2.75, 3.05) is 7.11 Å². The van der Waals surface area contributed by atoms with E-state index in [0.29, 0.717) is 22.5 Å². The molecule has 1 aromatic heterocycles. The van der Waals surface area contributed by atoms with Gasteiger partial charge < -0.3 is 14.0 Å². The van der Waals surface area contributed by atoms with Gasteiger partial charge in [0, 0.05) is 11.1 Å². The van der Waals surface area contributed by atoms with Crippen LogP contribution >= 0.6 is 11.6 Å². The van der Waals surface area contributed by atoms with Crippen LogP contribution in [0.5, 0.6) is 5.75 Å². The Morgan fingerprint density at radius 3 is 2.70 bits per heavy atom. The van der Waals surface area contributed by atoms with Crippen LogP contribution in [0.15, 0.2) is 47.0 Å². The monoisotopic (exact) mass is 466 g/mol. The zero-order valence-electron chi connectivity index (χ0n) is 19.2. The predicted molar refractivity (Wildman–Crippen MR) is 128 cm³/mol. The van der Waals surface area contributed by atoms with Crippen molar-refractivity contribution in [2.24, 2.45) is 5.92 Å². The Morgan fingerprint density at radius 2 is 1.97 bits per heavy atom. The van der Waals surface area contributed by atoms with Crippen LogP contribution in [-0.4, -0.2) is 29.3 Å². The molecular weight excluding hydrogens is 440 g/mol. The third kappa shape index (κ3) is 4.96. The van der Waals surface area contributed by atoms with Gasteiger partial charge in [-0.1, -0.05) is 48.0 Å². The van der Waals surface area contributed by atoms with Crippen molar-refractivity contribution < 1.29 is 18.8 Å². The third-order valence-electron chi connectivity index (χ3n) is 5.73. The Bertz CT molecular complexity index is 1200. The van der Waals surface area contributed by atoms with Crippen LogP contribution in [0.4, 0.5) is 0 Å². The summed E-state index contributed by atoms with van der Waals surface area (Å²) >= 11 is 6.37. The normalized spacial score (nSPS) is 13.6. The van der Waals surface area contributed by atoms with Gasteiger partial charge in [-0.2, -0.15) is 4.98 Å². The molecule has 1 heterocycles. The number of carbonyl (C=O) groups is 1. The van der Waals surface area contributed by atoms with Gasteiger partial charge in [0.1, 0.15) is 5.75 Å². The first kappa shape index (κ1) is 23.1. The summed E-state index contributed by atoms with van der Waals surface area (Å²) in [5.74, 6) is 1.26. The molecule has 0 aliphatic heterocycles. The molecule has 1 atom stereocenters. The van der Waals surface area contributed by atoms with Gasteiger partial charge in [0.05, 0.1) is 24.2 Å². The van der Waals surface area contributed by atoms with Gasteiger partial charge in [-0.25, -0.2) is 0 Å². The first-order valence-corrected chi connectivity index (χ1v) is 11.4. The molecule has 0 bridgehead atoms. The molecule has 7 heteroatoms. The van der Waals surface area contributed by atoms with Crippen molar-refractivity contribution in [1.29, 1.82) is 0 Å². The van der Waals surface area contributed by atoms with E-state index in [9.17, 15) is 4.79 Å². The molecule has 0 spiro atoms. The number of esters is 1. The predicted octanol–water partition coefficient (Wildman–Crippen LogP) is 6.37. The lowest BCUT2D eigenvalue weighted by Crippen LogP contribution is -2.12. The quantitative estimate of drug-likeness (QED) is 0.359. The molecule has 2 aromatic carbocycles. The second-order valence-corrected chi connectivity index (χ2v) is 8.87. The SMILES string of the molecule is COC(=O)[C@@H](C)CCC1=CCc2c1cccc2-c1noc(-c2ccc(OC(C)C)c(Cl)c2)n1. The average molecular weight is 467 g/mol. The number of hydrogen-bond donors (Lipinski definition) is 0. The van der Waals surface area contributed by atoms with Gasteiger partial charge in [0.25, 0.3) is 5.89 Å². The second-order valence-electron chi connectivity index (χ2n) is 8.46. The highest BCUT2D eigenvalue weighted by atomic mass is 35.5. The number of benzene rings is 2. The highest BCUT2D eigenvalue weighted by Gasteiger charge is 2.22. The van der Waals surface area contributed by atoms with Gasteiger partial charge in [-0.05, 0) is 68.0 Å². The molecule has 6 nitrogen and oxygen atoms in total. The van der Waals surface area contributed by atoms with Gasteiger partial charge in [0.2, 0.25) is 5.82 Å². The lowest BCUT2D eigenvalue weighted by Gasteiger charge is -2.11. The molecule has 33 heavy (non-hydrogen) atoms. The number of carbonyl (C=O) groups excluding carboxylic acids is 1. The molecule has 0 fully saturated rings. The molecule has 172 valence electrons. The van der Waals surface area contributed by atoms with Crippen LogP contribution in [-0.2, 0) is 16.0 Å². The van der Waals surface area contributed by atoms with Crippen LogP contribution in [0, 0.1) is 5.92 Å². The molecule has 0 saturated heterocycles. The summed E-state index contributed by atoms with van der Waals surface area (Å²) in [7, 11) is 1.43. The number of nitrogens with zero attached hydrogens (tertiary/aromatic N) is 2. The number of aromatic nitrogens is 2. The number of ether oxygens (including phenoxy) is 2. The van der Waals surface area contributed by atoms with Gasteiger partial charge in [-0.3, -0.25) is 4.79 Å². The number of fused-ring (bicyclic) bond motifs is 1. The third-order valence-corrected chi connectivity index (χ3v) is 6.03. The van der Waals surface area contributed by atoms with Crippen molar-refractivity contribution in [2.45, 2.75) is 46.1 Å². The highest BCUT2D eigenvalue weighted by molar-refractivity contribution is 6.32. The Labute approximate surface area is 198 Å². The molecule has 3 aromatic rings. The maximum atomic E-state index is 11.7. The number of halogens is 1. The Morgan fingerprint density at radius 1 is 1.18 bits per heavy atom. The standard InChI is InChI=1S/C26H27ClN2O4/c1-15(2)32-23-13-11-18(14-22(23)27)25-28-24(29-33-25)21-7-5-6-19-17(10-12-20(19)21)9-8-16(3)26(30)31-4/h5-7,10-11,13-16H,8-9,12H2,1-4H3/t16-/m0/s1. The van der Waals surface area contributed by atoms with E-state index < -0.39 is 0 Å². The van der Waals surface area contributed by atoms with Crippen molar-refractivity contribution in [3.63, 3.8) is 0 Å². The second kappa shape index (κ2) is 9.79. The van der Waals surface area contributed by atoms with E-state index in [-0.39, 0.29) is 18.0 Å². The molecular formula is C26H27ClN2O4. The lowest BCUT2D eigenvalue weighted by molar-refractivity contribution is -0.144. The van der Waals surface area contributed by atoms with E-state index in [1.165, 1.54) is 23.8 Å². The highest BCUT2D eigenvalue weighted by Crippen LogP contribution is 2.38. The van der Waals surface area contributed by atoms with Crippen molar-refractivity contribution >= 4 is 23.1 Å². The summed E-state index contributed by atoms with van der Waals surface area (Å²) in [6.45, 7) is 5.80. The average Bonchev–Trinajstić information content (AvgIpc) is 3.45. The summed E-state index contributed by atoms with van der Waals surface area (Å²) in [5, 5.41) is 4.73. The van der Waals surface area contributed by atoms with Crippen LogP contribution in [0.3, 0.4) is 0 Å². The molecule has 1 aliphatic carbocycles. The fourth-order valence-electron chi connectivity index (χ4n) is 4.01. The lowest BCUT2D eigenvalue weighted by atomic mass is 9.95. The Balaban J connectivity index is 1.54. The molecule has 0 radical (unpaired) electrons. The fourth-order valence-corrected chi connectivity index (χ4v) is 4.24. The topological polar surface area (TPSA) is 74.5 Å². The first-order valence-electron chi connectivity index (χ1n) is 11.1. The number of rotatable bonds is 8. The largest absolute Gasteiger partial charge is 0.489 e. The van der Waals surface area contributed by atoms with Crippen LogP contribution in [0.1, 0.15) is 44.7 Å². The maximum Gasteiger partial charge on any atom is 0.308 e. The van der Waals surface area contributed by atoms with E-state index in [2.05, 4.69) is 22.3 Å². The van der Waals surface area contributed by atoms with Crippen molar-refractivity contribution in [3.05, 3.63) is 58.6 Å².